The van der Waals surface area contributed by atoms with E-state index in [-0.39, 0.29) is 6.04 Å². The van der Waals surface area contributed by atoms with Gasteiger partial charge < -0.3 is 11.1 Å². The minimum absolute atomic E-state index is 0.130. The van der Waals surface area contributed by atoms with E-state index in [1.807, 2.05) is 50.5 Å². The molecular formula is C25H29N5. The Kier molecular flexibility index (Phi) is 6.52. The second kappa shape index (κ2) is 9.27. The Hall–Kier alpha value is -3.60. The smallest absolute Gasteiger partial charge is 0.0940 e. The normalized spacial score (nSPS) is 11.5. The van der Waals surface area contributed by atoms with Crippen molar-refractivity contribution in [1.82, 2.24) is 9.99 Å². The van der Waals surface area contributed by atoms with E-state index < -0.39 is 0 Å². The highest BCUT2D eigenvalue weighted by molar-refractivity contribution is 5.76. The van der Waals surface area contributed by atoms with Crippen LogP contribution in [0.5, 0.6) is 0 Å². The Morgan fingerprint density at radius 2 is 1.83 bits per heavy atom. The number of anilines is 2. The fourth-order valence-electron chi connectivity index (χ4n) is 3.48. The van der Waals surface area contributed by atoms with Crippen LogP contribution in [0.15, 0.2) is 77.5 Å². The standard InChI is InChI=1S/C25H29N5/c1-17(2)25(30(5)27-4)20-12-13-21(26)23(15-20)29-24(19-9-7-6-8-10-19)22-14-11-18(3)16-28-22/h6-16,24,29H,4,26H2,1-3,5H3. The van der Waals surface area contributed by atoms with Crippen LogP contribution in [0.25, 0.3) is 5.70 Å². The van der Waals surface area contributed by atoms with Crippen LogP contribution in [-0.2, 0) is 0 Å². The molecule has 0 bridgehead atoms. The summed E-state index contributed by atoms with van der Waals surface area (Å²) in [6, 6.07) is 20.2. The SMILES string of the molecule is C=NN(C)C(=C(C)C)c1ccc(N)c(NC(c2ccccc2)c2ccc(C)cn2)c1. The zero-order valence-electron chi connectivity index (χ0n) is 18.1. The molecule has 0 saturated carbocycles. The largest absolute Gasteiger partial charge is 0.397 e. The number of nitrogens with zero attached hydrogens (tertiary/aromatic N) is 3. The number of allylic oxidation sites excluding steroid dienone is 1. The highest BCUT2D eigenvalue weighted by Crippen LogP contribution is 2.32. The number of hydrogen-bond acceptors (Lipinski definition) is 5. The van der Waals surface area contributed by atoms with Gasteiger partial charge in [0.25, 0.3) is 0 Å². The molecule has 30 heavy (non-hydrogen) atoms. The molecular weight excluding hydrogens is 370 g/mol. The zero-order chi connectivity index (χ0) is 21.7. The van der Waals surface area contributed by atoms with Gasteiger partial charge in [0.2, 0.25) is 0 Å². The van der Waals surface area contributed by atoms with Crippen LogP contribution >= 0.6 is 0 Å². The van der Waals surface area contributed by atoms with Crippen molar-refractivity contribution in [3.05, 3.63) is 94.8 Å². The van der Waals surface area contributed by atoms with Gasteiger partial charge in [-0.2, -0.15) is 5.10 Å². The Balaban J connectivity index is 2.06. The molecule has 0 fully saturated rings. The van der Waals surface area contributed by atoms with Crippen molar-refractivity contribution < 1.29 is 0 Å². The second-order valence-corrected chi connectivity index (χ2v) is 7.56. The van der Waals surface area contributed by atoms with Crippen molar-refractivity contribution in [2.45, 2.75) is 26.8 Å². The fourth-order valence-corrected chi connectivity index (χ4v) is 3.48. The summed E-state index contributed by atoms with van der Waals surface area (Å²) in [4.78, 5) is 4.66. The molecule has 1 unspecified atom stereocenters. The summed E-state index contributed by atoms with van der Waals surface area (Å²) in [5.74, 6) is 0. The summed E-state index contributed by atoms with van der Waals surface area (Å²) in [5.41, 5.74) is 14.2. The van der Waals surface area contributed by atoms with E-state index in [0.717, 1.165) is 39.3 Å². The summed E-state index contributed by atoms with van der Waals surface area (Å²) < 4.78 is 0. The lowest BCUT2D eigenvalue weighted by Gasteiger charge is -2.24. The first-order valence-electron chi connectivity index (χ1n) is 9.92. The predicted octanol–water partition coefficient (Wildman–Crippen LogP) is 5.47. The van der Waals surface area contributed by atoms with Gasteiger partial charge in [-0.15, -0.1) is 0 Å². The molecule has 2 aromatic carbocycles. The molecule has 0 aliphatic heterocycles. The van der Waals surface area contributed by atoms with E-state index in [0.29, 0.717) is 5.69 Å². The van der Waals surface area contributed by atoms with Crippen molar-refractivity contribution >= 4 is 23.8 Å². The summed E-state index contributed by atoms with van der Waals surface area (Å²) in [6.45, 7) is 9.81. The maximum absolute atomic E-state index is 6.35. The van der Waals surface area contributed by atoms with Crippen LogP contribution in [0.1, 0.15) is 42.3 Å². The van der Waals surface area contributed by atoms with E-state index >= 15 is 0 Å². The number of nitrogens with one attached hydrogen (secondary N) is 1. The molecule has 154 valence electrons. The van der Waals surface area contributed by atoms with Gasteiger partial charge in [0, 0.05) is 25.5 Å². The maximum Gasteiger partial charge on any atom is 0.0940 e. The van der Waals surface area contributed by atoms with Gasteiger partial charge in [0.15, 0.2) is 0 Å². The Bertz CT molecular complexity index is 1030. The predicted molar refractivity (Wildman–Crippen MR) is 127 cm³/mol. The molecule has 0 amide bonds. The van der Waals surface area contributed by atoms with Crippen molar-refractivity contribution in [2.75, 3.05) is 18.1 Å². The Morgan fingerprint density at radius 1 is 1.10 bits per heavy atom. The molecule has 0 aliphatic rings. The average molecular weight is 400 g/mol. The van der Waals surface area contributed by atoms with Crippen molar-refractivity contribution in [3.8, 4) is 0 Å². The molecule has 0 saturated heterocycles. The number of aromatic nitrogens is 1. The molecule has 1 atom stereocenters. The third-order valence-corrected chi connectivity index (χ3v) is 5.00. The van der Waals surface area contributed by atoms with Gasteiger partial charge in [0.05, 0.1) is 28.8 Å². The number of benzene rings is 2. The molecule has 5 nitrogen and oxygen atoms in total. The number of pyridine rings is 1. The Labute approximate surface area is 179 Å². The average Bonchev–Trinajstić information content (AvgIpc) is 2.75. The number of nitrogens with two attached hydrogens (primary N) is 1. The van der Waals surface area contributed by atoms with Gasteiger partial charge in [-0.05, 0) is 50.1 Å². The van der Waals surface area contributed by atoms with Gasteiger partial charge >= 0.3 is 0 Å². The van der Waals surface area contributed by atoms with E-state index in [4.69, 9.17) is 5.73 Å². The molecule has 1 heterocycles. The maximum atomic E-state index is 6.35. The molecule has 0 aliphatic carbocycles. The highest BCUT2D eigenvalue weighted by Gasteiger charge is 2.18. The molecule has 3 N–H and O–H groups in total. The molecule has 0 spiro atoms. The fraction of sp³-hybridized carbons (Fsp3) is 0.200. The summed E-state index contributed by atoms with van der Waals surface area (Å²) in [5, 5.41) is 9.46. The number of hydrogen-bond donors (Lipinski definition) is 2. The van der Waals surface area contributed by atoms with Crippen LogP contribution in [0.3, 0.4) is 0 Å². The molecule has 5 heteroatoms. The topological polar surface area (TPSA) is 66.5 Å². The van der Waals surface area contributed by atoms with E-state index in [2.05, 4.69) is 66.3 Å². The number of aryl methyl sites for hydroxylation is 1. The first kappa shape index (κ1) is 21.1. The lowest BCUT2D eigenvalue weighted by Crippen LogP contribution is -2.16. The molecule has 0 radical (unpaired) electrons. The lowest BCUT2D eigenvalue weighted by atomic mass is 10.0. The van der Waals surface area contributed by atoms with Gasteiger partial charge in [-0.1, -0.05) is 48.0 Å². The van der Waals surface area contributed by atoms with Crippen LogP contribution in [0, 0.1) is 6.92 Å². The summed E-state index contributed by atoms with van der Waals surface area (Å²) in [6.07, 6.45) is 1.89. The van der Waals surface area contributed by atoms with Crippen LogP contribution in [0.2, 0.25) is 0 Å². The first-order chi connectivity index (χ1) is 14.4. The molecule has 3 rings (SSSR count). The van der Waals surface area contributed by atoms with Crippen molar-refractivity contribution in [1.29, 1.82) is 0 Å². The number of rotatable bonds is 7. The summed E-state index contributed by atoms with van der Waals surface area (Å²) in [7, 11) is 1.89. The van der Waals surface area contributed by atoms with Crippen LogP contribution in [0.4, 0.5) is 11.4 Å². The number of nitrogen functional groups attached to an aromatic ring is 1. The quantitative estimate of drug-likeness (QED) is 0.314. The molecule has 3 aromatic rings. The Morgan fingerprint density at radius 3 is 2.43 bits per heavy atom. The van der Waals surface area contributed by atoms with Gasteiger partial charge in [-0.25, -0.2) is 0 Å². The minimum Gasteiger partial charge on any atom is -0.397 e. The zero-order valence-corrected chi connectivity index (χ0v) is 18.1. The van der Waals surface area contributed by atoms with E-state index in [1.165, 1.54) is 0 Å². The van der Waals surface area contributed by atoms with E-state index in [9.17, 15) is 0 Å². The monoisotopic (exact) mass is 399 g/mol. The summed E-state index contributed by atoms with van der Waals surface area (Å²) >= 11 is 0. The van der Waals surface area contributed by atoms with Gasteiger partial charge in [0.1, 0.15) is 0 Å². The third kappa shape index (κ3) is 4.69. The third-order valence-electron chi connectivity index (χ3n) is 5.00. The second-order valence-electron chi connectivity index (χ2n) is 7.56. The van der Waals surface area contributed by atoms with Gasteiger partial charge in [-0.3, -0.25) is 9.99 Å². The van der Waals surface area contributed by atoms with Crippen molar-refractivity contribution in [2.24, 2.45) is 5.10 Å². The van der Waals surface area contributed by atoms with Crippen LogP contribution in [-0.4, -0.2) is 23.8 Å². The van der Waals surface area contributed by atoms with E-state index in [1.54, 1.807) is 5.01 Å². The van der Waals surface area contributed by atoms with Crippen LogP contribution < -0.4 is 11.1 Å². The number of hydrazone groups is 1. The lowest BCUT2D eigenvalue weighted by molar-refractivity contribution is 0.518. The first-order valence-corrected chi connectivity index (χ1v) is 9.92. The van der Waals surface area contributed by atoms with Crippen molar-refractivity contribution in [3.63, 3.8) is 0 Å². The minimum atomic E-state index is -0.130. The highest BCUT2D eigenvalue weighted by atomic mass is 15.4. The molecule has 1 aromatic heterocycles.